The van der Waals surface area contributed by atoms with Crippen molar-refractivity contribution in [1.82, 2.24) is 0 Å². The second-order valence-electron chi connectivity index (χ2n) is 4.83. The normalized spacial score (nSPS) is 22.1. The van der Waals surface area contributed by atoms with Gasteiger partial charge in [-0.25, -0.2) is 0 Å². The van der Waals surface area contributed by atoms with E-state index in [9.17, 15) is 0 Å². The monoisotopic (exact) mass is 220 g/mol. The molecule has 0 amide bonds. The first-order valence-electron chi connectivity index (χ1n) is 5.15. The topological polar surface area (TPSA) is 38.0 Å². The van der Waals surface area contributed by atoms with E-state index in [1.165, 1.54) is 6.42 Å². The highest BCUT2D eigenvalue weighted by atomic mass is 32.1. The van der Waals surface area contributed by atoms with Crippen LogP contribution in [0.2, 0.25) is 0 Å². The summed E-state index contributed by atoms with van der Waals surface area (Å²) in [6.07, 6.45) is 1.24. The fraction of sp³-hybridized carbons (Fsp3) is 0.417. The van der Waals surface area contributed by atoms with Gasteiger partial charge in [0.25, 0.3) is 0 Å². The average molecular weight is 220 g/mol. The Bertz CT molecular complexity index is 381. The maximum absolute atomic E-state index is 5.53. The zero-order valence-electron chi connectivity index (χ0n) is 9.08. The molecule has 2 nitrogen and oxygen atoms in total. The van der Waals surface area contributed by atoms with Crippen LogP contribution in [0.15, 0.2) is 24.3 Å². The minimum Gasteiger partial charge on any atom is -0.389 e. The summed E-state index contributed by atoms with van der Waals surface area (Å²) in [5.41, 5.74) is 8.04. The van der Waals surface area contributed by atoms with Crippen LogP contribution in [0.1, 0.15) is 25.8 Å². The molecule has 15 heavy (non-hydrogen) atoms. The van der Waals surface area contributed by atoms with Gasteiger partial charge in [-0.3, -0.25) is 0 Å². The number of rotatable bonds is 3. The summed E-state index contributed by atoms with van der Waals surface area (Å²) in [4.78, 5) is 0.452. The van der Waals surface area contributed by atoms with Crippen molar-refractivity contribution in [3.8, 4) is 0 Å². The number of hydrogen-bond acceptors (Lipinski definition) is 2. The van der Waals surface area contributed by atoms with E-state index >= 15 is 0 Å². The van der Waals surface area contributed by atoms with Gasteiger partial charge in [0.2, 0.25) is 0 Å². The molecule has 1 aromatic carbocycles. The first-order valence-corrected chi connectivity index (χ1v) is 5.56. The molecular formula is C12H16N2S. The molecule has 0 heterocycles. The highest BCUT2D eigenvalue weighted by molar-refractivity contribution is 7.80. The summed E-state index contributed by atoms with van der Waals surface area (Å²) < 4.78 is 0. The third-order valence-corrected chi connectivity index (χ3v) is 3.26. The molecule has 3 N–H and O–H groups in total. The molecule has 0 bridgehead atoms. The Balaban J connectivity index is 2.02. The van der Waals surface area contributed by atoms with Gasteiger partial charge in [0.15, 0.2) is 0 Å². The third kappa shape index (κ3) is 2.29. The predicted molar refractivity (Wildman–Crippen MR) is 68.1 cm³/mol. The highest BCUT2D eigenvalue weighted by Gasteiger charge is 2.45. The largest absolute Gasteiger partial charge is 0.389 e. The van der Waals surface area contributed by atoms with Crippen LogP contribution in [-0.4, -0.2) is 11.0 Å². The second kappa shape index (κ2) is 3.49. The van der Waals surface area contributed by atoms with Crippen molar-refractivity contribution in [2.24, 2.45) is 11.1 Å². The molecule has 1 unspecified atom stereocenters. The van der Waals surface area contributed by atoms with E-state index in [4.69, 9.17) is 18.0 Å². The summed E-state index contributed by atoms with van der Waals surface area (Å²) in [7, 11) is 0. The minimum absolute atomic E-state index is 0.446. The standard InChI is InChI=1S/C12H16N2S/c1-12(2)7-10(12)14-9-5-3-8(4-6-9)11(13)15/h3-6,10,14H,7H2,1-2H3,(H2,13,15). The maximum atomic E-state index is 5.53. The van der Waals surface area contributed by atoms with Gasteiger partial charge in [-0.05, 0) is 36.1 Å². The molecule has 0 aliphatic heterocycles. The van der Waals surface area contributed by atoms with Gasteiger partial charge in [-0.2, -0.15) is 0 Å². The van der Waals surface area contributed by atoms with E-state index in [0.29, 0.717) is 16.4 Å². The first kappa shape index (κ1) is 10.4. The molecule has 1 aliphatic carbocycles. The molecule has 0 saturated heterocycles. The Morgan fingerprint density at radius 3 is 2.33 bits per heavy atom. The lowest BCUT2D eigenvalue weighted by atomic mass is 10.1. The molecule has 1 fully saturated rings. The predicted octanol–water partition coefficient (Wildman–Crippen LogP) is 2.53. The van der Waals surface area contributed by atoms with E-state index in [2.05, 4.69) is 19.2 Å². The quantitative estimate of drug-likeness (QED) is 0.769. The number of nitrogens with one attached hydrogen (secondary N) is 1. The van der Waals surface area contributed by atoms with E-state index < -0.39 is 0 Å². The van der Waals surface area contributed by atoms with Crippen molar-refractivity contribution in [2.75, 3.05) is 5.32 Å². The molecule has 0 spiro atoms. The zero-order chi connectivity index (χ0) is 11.1. The average Bonchev–Trinajstić information content (AvgIpc) is 2.74. The van der Waals surface area contributed by atoms with Crippen molar-refractivity contribution in [2.45, 2.75) is 26.3 Å². The van der Waals surface area contributed by atoms with Gasteiger partial charge in [0.1, 0.15) is 4.99 Å². The molecule has 0 aromatic heterocycles. The molecule has 1 atom stereocenters. The maximum Gasteiger partial charge on any atom is 0.103 e. The molecule has 2 rings (SSSR count). The van der Waals surface area contributed by atoms with Gasteiger partial charge in [-0.1, -0.05) is 26.1 Å². The lowest BCUT2D eigenvalue weighted by molar-refractivity contribution is 0.630. The van der Waals surface area contributed by atoms with Crippen molar-refractivity contribution >= 4 is 22.9 Å². The van der Waals surface area contributed by atoms with Crippen molar-refractivity contribution in [1.29, 1.82) is 0 Å². The lowest BCUT2D eigenvalue weighted by Gasteiger charge is -2.08. The van der Waals surface area contributed by atoms with Crippen LogP contribution >= 0.6 is 12.2 Å². The fourth-order valence-corrected chi connectivity index (χ4v) is 1.78. The molecule has 3 heteroatoms. The van der Waals surface area contributed by atoms with Crippen molar-refractivity contribution in [3.63, 3.8) is 0 Å². The van der Waals surface area contributed by atoms with E-state index in [1.54, 1.807) is 0 Å². The van der Waals surface area contributed by atoms with Crippen molar-refractivity contribution in [3.05, 3.63) is 29.8 Å². The Kier molecular flexibility index (Phi) is 2.43. The summed E-state index contributed by atoms with van der Waals surface area (Å²) in [5, 5.41) is 3.49. The fourth-order valence-electron chi connectivity index (χ4n) is 1.65. The number of nitrogens with two attached hydrogens (primary N) is 1. The lowest BCUT2D eigenvalue weighted by Crippen LogP contribution is -2.10. The van der Waals surface area contributed by atoms with Crippen LogP contribution < -0.4 is 11.1 Å². The van der Waals surface area contributed by atoms with E-state index in [-0.39, 0.29) is 0 Å². The van der Waals surface area contributed by atoms with E-state index in [0.717, 1.165) is 11.3 Å². The molecule has 80 valence electrons. The number of thiocarbonyl (C=S) groups is 1. The number of benzene rings is 1. The molecule has 1 aliphatic rings. The first-order chi connectivity index (χ1) is 6.99. The number of hydrogen-bond donors (Lipinski definition) is 2. The van der Waals surface area contributed by atoms with E-state index in [1.807, 2.05) is 24.3 Å². The van der Waals surface area contributed by atoms with Gasteiger partial charge >= 0.3 is 0 Å². The summed E-state index contributed by atoms with van der Waals surface area (Å²) in [6, 6.07) is 8.58. The van der Waals surface area contributed by atoms with Gasteiger partial charge < -0.3 is 11.1 Å². The molecule has 1 aromatic rings. The number of anilines is 1. The van der Waals surface area contributed by atoms with Crippen molar-refractivity contribution < 1.29 is 0 Å². The van der Waals surface area contributed by atoms with Crippen LogP contribution in [0.25, 0.3) is 0 Å². The van der Waals surface area contributed by atoms with Gasteiger partial charge in [-0.15, -0.1) is 0 Å². The smallest absolute Gasteiger partial charge is 0.103 e. The summed E-state index contributed by atoms with van der Waals surface area (Å²) in [5.74, 6) is 0. The molecule has 0 radical (unpaired) electrons. The molecule has 1 saturated carbocycles. The summed E-state index contributed by atoms with van der Waals surface area (Å²) in [6.45, 7) is 4.54. The Labute approximate surface area is 95.9 Å². The zero-order valence-corrected chi connectivity index (χ0v) is 9.90. The second-order valence-corrected chi connectivity index (χ2v) is 5.27. The Hall–Kier alpha value is -1.09. The highest BCUT2D eigenvalue weighted by Crippen LogP contribution is 2.46. The Morgan fingerprint density at radius 1 is 1.40 bits per heavy atom. The van der Waals surface area contributed by atoms with Gasteiger partial charge in [0, 0.05) is 17.3 Å². The van der Waals surface area contributed by atoms with Gasteiger partial charge in [0.05, 0.1) is 0 Å². The SMILES string of the molecule is CC1(C)CC1Nc1ccc(C(N)=S)cc1. The van der Waals surface area contributed by atoms with Crippen LogP contribution in [0, 0.1) is 5.41 Å². The Morgan fingerprint density at radius 2 is 1.93 bits per heavy atom. The van der Waals surface area contributed by atoms with Crippen LogP contribution in [0.4, 0.5) is 5.69 Å². The molecular weight excluding hydrogens is 204 g/mol. The van der Waals surface area contributed by atoms with Crippen LogP contribution in [-0.2, 0) is 0 Å². The van der Waals surface area contributed by atoms with Crippen LogP contribution in [0.5, 0.6) is 0 Å². The third-order valence-electron chi connectivity index (χ3n) is 3.02. The minimum atomic E-state index is 0.446. The van der Waals surface area contributed by atoms with Crippen LogP contribution in [0.3, 0.4) is 0 Å². The summed E-state index contributed by atoms with van der Waals surface area (Å²) >= 11 is 4.90.